The smallest absolute Gasteiger partial charge is 0.336 e. The fourth-order valence-corrected chi connectivity index (χ4v) is 3.92. The van der Waals surface area contributed by atoms with Gasteiger partial charge < -0.3 is 9.73 Å². The highest BCUT2D eigenvalue weighted by atomic mass is 16.4. The van der Waals surface area contributed by atoms with Gasteiger partial charge in [0.2, 0.25) is 0 Å². The summed E-state index contributed by atoms with van der Waals surface area (Å²) in [6, 6.07) is 13.8. The van der Waals surface area contributed by atoms with Crippen molar-refractivity contribution in [1.29, 1.82) is 0 Å². The van der Waals surface area contributed by atoms with Crippen molar-refractivity contribution < 1.29 is 14.0 Å². The molecule has 1 fully saturated rings. The number of nitrogens with one attached hydrogen (secondary N) is 1. The van der Waals surface area contributed by atoms with E-state index in [4.69, 9.17) is 4.42 Å². The number of rotatable bonds is 4. The van der Waals surface area contributed by atoms with Crippen LogP contribution in [0.4, 0.5) is 4.79 Å². The molecule has 0 saturated carbocycles. The zero-order valence-electron chi connectivity index (χ0n) is 16.6. The highest BCUT2D eigenvalue weighted by Crippen LogP contribution is 2.33. The maximum Gasteiger partial charge on any atom is 0.336 e. The first-order valence-electron chi connectivity index (χ1n) is 9.59. The first-order chi connectivity index (χ1) is 13.9. The number of nitrogens with zero attached hydrogens (tertiary/aromatic N) is 1. The maximum absolute atomic E-state index is 13.4. The van der Waals surface area contributed by atoms with Crippen LogP contribution >= 0.6 is 0 Å². The molecule has 3 aromatic rings. The van der Waals surface area contributed by atoms with E-state index in [0.717, 1.165) is 22.1 Å². The topological polar surface area (TPSA) is 79.6 Å². The Bertz CT molecular complexity index is 1180. The molecule has 1 N–H and O–H groups in total. The molecule has 1 saturated heterocycles. The monoisotopic (exact) mass is 390 g/mol. The number of aryl methyl sites for hydroxylation is 2. The van der Waals surface area contributed by atoms with Crippen LogP contribution in [0.2, 0.25) is 0 Å². The van der Waals surface area contributed by atoms with E-state index in [9.17, 15) is 14.4 Å². The van der Waals surface area contributed by atoms with Gasteiger partial charge in [0.05, 0.1) is 6.54 Å². The molecule has 148 valence electrons. The number of imide groups is 1. The van der Waals surface area contributed by atoms with Gasteiger partial charge in [-0.25, -0.2) is 9.59 Å². The van der Waals surface area contributed by atoms with Gasteiger partial charge in [-0.15, -0.1) is 0 Å². The van der Waals surface area contributed by atoms with Gasteiger partial charge in [0.15, 0.2) is 0 Å². The lowest BCUT2D eigenvalue weighted by molar-refractivity contribution is -0.132. The number of carbonyl (C=O) groups is 2. The maximum atomic E-state index is 13.4. The molecule has 29 heavy (non-hydrogen) atoms. The number of benzene rings is 2. The number of hydrogen-bond acceptors (Lipinski definition) is 4. The van der Waals surface area contributed by atoms with Gasteiger partial charge >= 0.3 is 11.7 Å². The molecule has 1 aliphatic heterocycles. The van der Waals surface area contributed by atoms with Crippen LogP contribution in [0.25, 0.3) is 11.0 Å². The zero-order chi connectivity index (χ0) is 20.8. The Labute approximate surface area is 168 Å². The van der Waals surface area contributed by atoms with E-state index in [1.165, 1.54) is 11.0 Å². The summed E-state index contributed by atoms with van der Waals surface area (Å²) in [5.74, 6) is -0.318. The summed E-state index contributed by atoms with van der Waals surface area (Å²) in [6.45, 7) is 5.78. The predicted octanol–water partition coefficient (Wildman–Crippen LogP) is 3.77. The molecule has 1 atom stereocenters. The lowest BCUT2D eigenvalue weighted by Gasteiger charge is -2.25. The first-order valence-corrected chi connectivity index (χ1v) is 9.59. The lowest BCUT2D eigenvalue weighted by Crippen LogP contribution is -2.43. The Morgan fingerprint density at radius 2 is 1.69 bits per heavy atom. The molecular weight excluding hydrogens is 368 g/mol. The molecule has 2 heterocycles. The van der Waals surface area contributed by atoms with Crippen LogP contribution in [0.5, 0.6) is 0 Å². The second-order valence-electron chi connectivity index (χ2n) is 7.47. The van der Waals surface area contributed by atoms with Gasteiger partial charge in [-0.3, -0.25) is 9.69 Å². The predicted molar refractivity (Wildman–Crippen MR) is 109 cm³/mol. The molecule has 0 unspecified atom stereocenters. The zero-order valence-corrected chi connectivity index (χ0v) is 16.6. The Morgan fingerprint density at radius 3 is 2.38 bits per heavy atom. The van der Waals surface area contributed by atoms with E-state index < -0.39 is 17.2 Å². The van der Waals surface area contributed by atoms with Gasteiger partial charge in [-0.05, 0) is 54.7 Å². The summed E-state index contributed by atoms with van der Waals surface area (Å²) in [6.07, 6.45) is 0.425. The molecule has 0 radical (unpaired) electrons. The molecule has 0 spiro atoms. The fraction of sp³-hybridized carbons (Fsp3) is 0.261. The van der Waals surface area contributed by atoms with Crippen molar-refractivity contribution in [1.82, 2.24) is 10.2 Å². The van der Waals surface area contributed by atoms with Crippen molar-refractivity contribution in [3.05, 3.63) is 81.2 Å². The molecule has 1 aliphatic rings. The number of amides is 3. The molecule has 0 bridgehead atoms. The largest absolute Gasteiger partial charge is 0.423 e. The van der Waals surface area contributed by atoms with Crippen LogP contribution in [-0.4, -0.2) is 16.8 Å². The standard InChI is InChI=1S/C23H22N2O4/c1-4-23(17-8-6-5-7-9-17)21(27)25(22(28)24-23)13-16-12-20(26)29-19-11-15(3)14(2)10-18(16)19/h5-12H,4,13H2,1-3H3,(H,24,28)/t23-/m0/s1. The Morgan fingerprint density at radius 1 is 1.00 bits per heavy atom. The third-order valence-corrected chi connectivity index (χ3v) is 5.75. The van der Waals surface area contributed by atoms with Crippen LogP contribution in [0.15, 0.2) is 57.7 Å². The SMILES string of the molecule is CC[C@@]1(c2ccccc2)NC(=O)N(Cc2cc(=O)oc3cc(C)c(C)cc23)C1=O. The second-order valence-corrected chi connectivity index (χ2v) is 7.47. The van der Waals surface area contributed by atoms with Crippen molar-refractivity contribution in [2.45, 2.75) is 39.3 Å². The average Bonchev–Trinajstić information content (AvgIpc) is 2.95. The molecule has 2 aromatic carbocycles. The van der Waals surface area contributed by atoms with Gasteiger partial charge in [-0.1, -0.05) is 37.3 Å². The van der Waals surface area contributed by atoms with E-state index >= 15 is 0 Å². The van der Waals surface area contributed by atoms with E-state index in [1.54, 1.807) is 0 Å². The third-order valence-electron chi connectivity index (χ3n) is 5.75. The minimum Gasteiger partial charge on any atom is -0.423 e. The summed E-state index contributed by atoms with van der Waals surface area (Å²) in [5.41, 5.74) is 2.22. The van der Waals surface area contributed by atoms with Crippen molar-refractivity contribution in [3.8, 4) is 0 Å². The third kappa shape index (κ3) is 3.01. The number of hydrogen-bond donors (Lipinski definition) is 1. The van der Waals surface area contributed by atoms with Crippen LogP contribution in [0.3, 0.4) is 0 Å². The lowest BCUT2D eigenvalue weighted by atomic mass is 9.87. The second kappa shape index (κ2) is 6.88. The highest BCUT2D eigenvalue weighted by molar-refractivity contribution is 6.07. The molecule has 6 heteroatoms. The molecule has 1 aromatic heterocycles. The Hall–Kier alpha value is -3.41. The number of carbonyl (C=O) groups excluding carboxylic acids is 2. The molecule has 3 amide bonds. The van der Waals surface area contributed by atoms with Gasteiger partial charge in [0.1, 0.15) is 11.1 Å². The molecule has 6 nitrogen and oxygen atoms in total. The van der Waals surface area contributed by atoms with Crippen molar-refractivity contribution in [2.75, 3.05) is 0 Å². The molecular formula is C23H22N2O4. The van der Waals surface area contributed by atoms with Gasteiger partial charge in [-0.2, -0.15) is 0 Å². The minimum atomic E-state index is -1.10. The Kier molecular flexibility index (Phi) is 4.49. The van der Waals surface area contributed by atoms with E-state index in [-0.39, 0.29) is 12.5 Å². The van der Waals surface area contributed by atoms with Crippen molar-refractivity contribution in [2.24, 2.45) is 0 Å². The number of urea groups is 1. The van der Waals surface area contributed by atoms with Crippen LogP contribution < -0.4 is 10.9 Å². The highest BCUT2D eigenvalue weighted by Gasteiger charge is 2.51. The van der Waals surface area contributed by atoms with Crippen LogP contribution in [-0.2, 0) is 16.9 Å². The average molecular weight is 390 g/mol. The van der Waals surface area contributed by atoms with E-state index in [2.05, 4.69) is 5.32 Å². The number of fused-ring (bicyclic) bond motifs is 1. The summed E-state index contributed by atoms with van der Waals surface area (Å²) in [5, 5.41) is 3.60. The summed E-state index contributed by atoms with van der Waals surface area (Å²) < 4.78 is 5.33. The van der Waals surface area contributed by atoms with Crippen molar-refractivity contribution in [3.63, 3.8) is 0 Å². The summed E-state index contributed by atoms with van der Waals surface area (Å²) >= 11 is 0. The van der Waals surface area contributed by atoms with Crippen LogP contribution in [0, 0.1) is 13.8 Å². The molecule has 4 rings (SSSR count). The summed E-state index contributed by atoms with van der Waals surface area (Å²) in [4.78, 5) is 39.4. The molecule has 0 aliphatic carbocycles. The normalized spacial score (nSPS) is 19.1. The Balaban J connectivity index is 1.77. The minimum absolute atomic E-state index is 0.00382. The van der Waals surface area contributed by atoms with Gasteiger partial charge in [0.25, 0.3) is 5.91 Å². The summed E-state index contributed by atoms with van der Waals surface area (Å²) in [7, 11) is 0. The quantitative estimate of drug-likeness (QED) is 0.543. The fourth-order valence-electron chi connectivity index (χ4n) is 3.92. The van der Waals surface area contributed by atoms with E-state index in [1.807, 2.05) is 63.2 Å². The first kappa shape index (κ1) is 18.9. The van der Waals surface area contributed by atoms with Gasteiger partial charge in [0, 0.05) is 11.5 Å². The van der Waals surface area contributed by atoms with E-state index in [0.29, 0.717) is 17.6 Å². The van der Waals surface area contributed by atoms with Crippen LogP contribution in [0.1, 0.15) is 35.6 Å². The van der Waals surface area contributed by atoms with Crippen molar-refractivity contribution >= 4 is 22.9 Å².